The van der Waals surface area contributed by atoms with Crippen molar-refractivity contribution in [3.63, 3.8) is 0 Å². The molecule has 3 rings (SSSR count). The van der Waals surface area contributed by atoms with Gasteiger partial charge in [-0.25, -0.2) is 4.79 Å². The van der Waals surface area contributed by atoms with Crippen LogP contribution in [0.4, 0.5) is 13.2 Å². The highest BCUT2D eigenvalue weighted by Gasteiger charge is 2.35. The third-order valence-corrected chi connectivity index (χ3v) is 5.40. The molecule has 9 heteroatoms. The molecule has 1 atom stereocenters. The van der Waals surface area contributed by atoms with Gasteiger partial charge in [-0.2, -0.15) is 18.2 Å². The lowest BCUT2D eigenvalue weighted by molar-refractivity contribution is -0.144. The van der Waals surface area contributed by atoms with E-state index in [1.807, 2.05) is 0 Å². The van der Waals surface area contributed by atoms with Gasteiger partial charge in [0.05, 0.1) is 28.5 Å². The number of thiazole rings is 1. The van der Waals surface area contributed by atoms with Crippen molar-refractivity contribution in [2.75, 3.05) is 7.11 Å². The molecule has 0 N–H and O–H groups in total. The number of halogens is 3. The van der Waals surface area contributed by atoms with Gasteiger partial charge in [-0.05, 0) is 30.7 Å². The summed E-state index contributed by atoms with van der Waals surface area (Å²) < 4.78 is 46.9. The third kappa shape index (κ3) is 4.09. The average molecular weight is 422 g/mol. The second-order valence-corrected chi connectivity index (χ2v) is 7.14. The fourth-order valence-corrected chi connectivity index (χ4v) is 4.09. The van der Waals surface area contributed by atoms with Crippen molar-refractivity contribution in [1.82, 2.24) is 4.57 Å². The normalized spacial score (nSPS) is 13.5. The maximum Gasteiger partial charge on any atom is 0.417 e. The maximum atomic E-state index is 13.3. The van der Waals surface area contributed by atoms with E-state index in [-0.39, 0.29) is 4.80 Å². The zero-order valence-corrected chi connectivity index (χ0v) is 16.4. The molecule has 29 heavy (non-hydrogen) atoms. The number of hydrogen-bond acceptors (Lipinski definition) is 4. The Hall–Kier alpha value is -2.94. The summed E-state index contributed by atoms with van der Waals surface area (Å²) >= 11 is 1.12. The highest BCUT2D eigenvalue weighted by atomic mass is 32.1. The quantitative estimate of drug-likeness (QED) is 0.578. The SMILES string of the molecule is CCC(C(=O)OC)n1c(=NC(=O)c2ccccc2C(F)(F)F)sc2ccccc21. The number of alkyl halides is 3. The van der Waals surface area contributed by atoms with Crippen LogP contribution in [-0.2, 0) is 15.7 Å². The van der Waals surface area contributed by atoms with Crippen LogP contribution in [0.5, 0.6) is 0 Å². The van der Waals surface area contributed by atoms with Gasteiger partial charge in [0, 0.05) is 0 Å². The number of methoxy groups -OCH3 is 1. The van der Waals surface area contributed by atoms with E-state index in [1.165, 1.54) is 19.2 Å². The number of carbonyl (C=O) groups is 2. The summed E-state index contributed by atoms with van der Waals surface area (Å²) in [6, 6.07) is 10.8. The molecule has 0 fully saturated rings. The second-order valence-electron chi connectivity index (χ2n) is 6.13. The van der Waals surface area contributed by atoms with Crippen LogP contribution in [-0.4, -0.2) is 23.6 Å². The molecule has 0 aliphatic rings. The fraction of sp³-hybridized carbons (Fsp3) is 0.250. The van der Waals surface area contributed by atoms with E-state index in [9.17, 15) is 22.8 Å². The molecular weight excluding hydrogens is 405 g/mol. The van der Waals surface area contributed by atoms with E-state index in [1.54, 1.807) is 35.8 Å². The van der Waals surface area contributed by atoms with Crippen molar-refractivity contribution in [2.24, 2.45) is 4.99 Å². The molecule has 3 aromatic rings. The molecule has 152 valence electrons. The standard InChI is InChI=1S/C20H17F3N2O3S/c1-3-14(18(27)28-2)25-15-10-6-7-11-16(15)29-19(25)24-17(26)12-8-4-5-9-13(12)20(21,22)23/h4-11,14H,3H2,1-2H3. The van der Waals surface area contributed by atoms with Crippen LogP contribution in [0.2, 0.25) is 0 Å². The van der Waals surface area contributed by atoms with Crippen LogP contribution >= 0.6 is 11.3 Å². The van der Waals surface area contributed by atoms with Gasteiger partial charge in [0.2, 0.25) is 0 Å². The summed E-state index contributed by atoms with van der Waals surface area (Å²) in [5.74, 6) is -1.56. The minimum absolute atomic E-state index is 0.130. The molecular formula is C20H17F3N2O3S. The number of hydrogen-bond donors (Lipinski definition) is 0. The smallest absolute Gasteiger partial charge is 0.417 e. The Balaban J connectivity index is 2.23. The van der Waals surface area contributed by atoms with Crippen LogP contribution in [0.3, 0.4) is 0 Å². The van der Waals surface area contributed by atoms with Crippen LogP contribution in [0, 0.1) is 0 Å². The molecule has 0 saturated carbocycles. The van der Waals surface area contributed by atoms with Crippen molar-refractivity contribution in [3.8, 4) is 0 Å². The lowest BCUT2D eigenvalue weighted by Crippen LogP contribution is -2.28. The first-order valence-corrected chi connectivity index (χ1v) is 9.52. The van der Waals surface area contributed by atoms with Crippen molar-refractivity contribution >= 4 is 33.4 Å². The molecule has 0 bridgehead atoms. The van der Waals surface area contributed by atoms with Gasteiger partial charge in [0.1, 0.15) is 6.04 Å². The number of fused-ring (bicyclic) bond motifs is 1. The summed E-state index contributed by atoms with van der Waals surface area (Å²) in [6.45, 7) is 1.77. The number of benzene rings is 2. The molecule has 2 aromatic carbocycles. The molecule has 1 amide bonds. The zero-order valence-electron chi connectivity index (χ0n) is 15.6. The van der Waals surface area contributed by atoms with Crippen LogP contribution < -0.4 is 4.80 Å². The topological polar surface area (TPSA) is 60.7 Å². The Kier molecular flexibility index (Phi) is 5.88. The lowest BCUT2D eigenvalue weighted by Gasteiger charge is -2.15. The summed E-state index contributed by atoms with van der Waals surface area (Å²) in [4.78, 5) is 29.0. The Bertz CT molecular complexity index is 1130. The van der Waals surface area contributed by atoms with E-state index >= 15 is 0 Å². The molecule has 5 nitrogen and oxygen atoms in total. The first-order chi connectivity index (χ1) is 13.8. The molecule has 0 aliphatic carbocycles. The molecule has 0 saturated heterocycles. The molecule has 0 aliphatic heterocycles. The molecule has 0 radical (unpaired) electrons. The van der Waals surface area contributed by atoms with Crippen molar-refractivity contribution in [1.29, 1.82) is 0 Å². The van der Waals surface area contributed by atoms with Crippen molar-refractivity contribution < 1.29 is 27.5 Å². The van der Waals surface area contributed by atoms with Gasteiger partial charge in [-0.1, -0.05) is 42.5 Å². The number of rotatable bonds is 4. The molecule has 1 aromatic heterocycles. The number of esters is 1. The van der Waals surface area contributed by atoms with Gasteiger partial charge in [0.15, 0.2) is 4.80 Å². The maximum absolute atomic E-state index is 13.3. The van der Waals surface area contributed by atoms with Gasteiger partial charge in [-0.15, -0.1) is 0 Å². The first-order valence-electron chi connectivity index (χ1n) is 8.71. The molecule has 1 heterocycles. The van der Waals surface area contributed by atoms with E-state index in [4.69, 9.17) is 4.74 Å². The number of para-hydroxylation sites is 1. The average Bonchev–Trinajstić information content (AvgIpc) is 3.05. The number of nitrogens with zero attached hydrogens (tertiary/aromatic N) is 2. The molecule has 1 unspecified atom stereocenters. The summed E-state index contributed by atoms with van der Waals surface area (Å²) in [5.41, 5.74) is -0.957. The van der Waals surface area contributed by atoms with Crippen molar-refractivity contribution in [2.45, 2.75) is 25.6 Å². The second kappa shape index (κ2) is 8.20. The largest absolute Gasteiger partial charge is 0.467 e. The summed E-state index contributed by atoms with van der Waals surface area (Å²) in [6.07, 6.45) is -4.33. The number of aromatic nitrogens is 1. The van der Waals surface area contributed by atoms with Gasteiger partial charge in [-0.3, -0.25) is 4.79 Å². The Morgan fingerprint density at radius 2 is 1.79 bits per heavy atom. The van der Waals surface area contributed by atoms with Crippen LogP contribution in [0.1, 0.15) is 35.3 Å². The summed E-state index contributed by atoms with van der Waals surface area (Å²) in [7, 11) is 1.25. The minimum atomic E-state index is -4.68. The fourth-order valence-electron chi connectivity index (χ4n) is 3.03. The number of amides is 1. The lowest BCUT2D eigenvalue weighted by atomic mass is 10.1. The van der Waals surface area contributed by atoms with Gasteiger partial charge < -0.3 is 9.30 Å². The minimum Gasteiger partial charge on any atom is -0.467 e. The van der Waals surface area contributed by atoms with Crippen LogP contribution in [0.25, 0.3) is 10.2 Å². The third-order valence-electron chi connectivity index (χ3n) is 4.36. The number of ether oxygens (including phenoxy) is 1. The Morgan fingerprint density at radius 3 is 2.45 bits per heavy atom. The van der Waals surface area contributed by atoms with E-state index in [2.05, 4.69) is 4.99 Å². The highest BCUT2D eigenvalue weighted by molar-refractivity contribution is 7.16. The van der Waals surface area contributed by atoms with E-state index in [0.29, 0.717) is 11.9 Å². The number of carbonyl (C=O) groups excluding carboxylic acids is 2. The van der Waals surface area contributed by atoms with E-state index in [0.717, 1.165) is 28.2 Å². The summed E-state index contributed by atoms with van der Waals surface area (Å²) in [5, 5.41) is 0. The zero-order chi connectivity index (χ0) is 21.2. The Labute approximate surface area is 168 Å². The predicted octanol–water partition coefficient (Wildman–Crippen LogP) is 4.59. The van der Waals surface area contributed by atoms with E-state index < -0.39 is 35.2 Å². The highest BCUT2D eigenvalue weighted by Crippen LogP contribution is 2.32. The van der Waals surface area contributed by atoms with Crippen LogP contribution in [0.15, 0.2) is 53.5 Å². The molecule has 0 spiro atoms. The van der Waals surface area contributed by atoms with Gasteiger partial charge >= 0.3 is 12.1 Å². The van der Waals surface area contributed by atoms with Crippen molar-refractivity contribution in [3.05, 3.63) is 64.5 Å². The first kappa shape index (κ1) is 20.8. The Morgan fingerprint density at radius 1 is 1.14 bits per heavy atom. The van der Waals surface area contributed by atoms with Gasteiger partial charge in [0.25, 0.3) is 5.91 Å². The predicted molar refractivity (Wildman–Crippen MR) is 102 cm³/mol. The monoisotopic (exact) mass is 422 g/mol.